The van der Waals surface area contributed by atoms with Crippen molar-refractivity contribution in [3.8, 4) is 17.0 Å². The molecular weight excluding hydrogens is 495 g/mol. The molecule has 7 nitrogen and oxygen atoms in total. The lowest BCUT2D eigenvalue weighted by molar-refractivity contribution is 0.487. The van der Waals surface area contributed by atoms with E-state index in [1.807, 2.05) is 5.38 Å². The lowest BCUT2D eigenvalue weighted by Crippen LogP contribution is -2.19. The topological polar surface area (TPSA) is 107 Å². The fourth-order valence-corrected chi connectivity index (χ4v) is 5.70. The minimum absolute atomic E-state index is 0.138. The minimum Gasteiger partial charge on any atom is -0.371 e. The summed E-state index contributed by atoms with van der Waals surface area (Å²) in [7, 11) is -4.07. The van der Waals surface area contributed by atoms with E-state index in [9.17, 15) is 12.8 Å². The molecule has 0 saturated heterocycles. The Labute approximate surface area is 204 Å². The molecule has 34 heavy (non-hydrogen) atoms. The molecule has 4 aromatic rings. The van der Waals surface area contributed by atoms with Crippen LogP contribution in [0.5, 0.6) is 5.75 Å². The zero-order chi connectivity index (χ0) is 23.7. The molecule has 11 heteroatoms. The first kappa shape index (κ1) is 22.9. The van der Waals surface area contributed by atoms with Crippen LogP contribution in [0.25, 0.3) is 11.3 Å². The molecule has 0 amide bonds. The van der Waals surface area contributed by atoms with Crippen LogP contribution in [0.2, 0.25) is 0 Å². The van der Waals surface area contributed by atoms with E-state index in [1.54, 1.807) is 47.7 Å². The first-order valence-electron chi connectivity index (χ1n) is 10.6. The Kier molecular flexibility index (Phi) is 6.34. The van der Waals surface area contributed by atoms with Crippen molar-refractivity contribution in [3.05, 3.63) is 81.4 Å². The number of nitrogens with two attached hydrogens (primary N) is 1. The van der Waals surface area contributed by atoms with Crippen LogP contribution in [0.4, 0.5) is 9.52 Å². The summed E-state index contributed by atoms with van der Waals surface area (Å²) in [6.07, 6.45) is 2.98. The second kappa shape index (κ2) is 9.41. The average Bonchev–Trinajstić information content (AvgIpc) is 3.34. The van der Waals surface area contributed by atoms with Crippen molar-refractivity contribution >= 4 is 38.1 Å². The summed E-state index contributed by atoms with van der Waals surface area (Å²) < 4.78 is 40.3. The predicted molar refractivity (Wildman–Crippen MR) is 132 cm³/mol. The molecule has 1 aliphatic rings. The van der Waals surface area contributed by atoms with Crippen LogP contribution in [0.15, 0.2) is 59.3 Å². The van der Waals surface area contributed by atoms with Crippen LogP contribution in [0.1, 0.15) is 41.1 Å². The van der Waals surface area contributed by atoms with Crippen LogP contribution in [-0.2, 0) is 16.7 Å². The average molecular weight is 517 g/mol. The van der Waals surface area contributed by atoms with Gasteiger partial charge < -0.3 is 9.50 Å². The molecule has 0 aliphatic heterocycles. The normalized spacial score (nSPS) is 14.6. The van der Waals surface area contributed by atoms with Crippen molar-refractivity contribution in [2.24, 2.45) is 5.14 Å². The Balaban J connectivity index is 1.37. The highest BCUT2D eigenvalue weighted by molar-refractivity contribution is 7.84. The highest BCUT2D eigenvalue weighted by Gasteiger charge is 2.28. The van der Waals surface area contributed by atoms with E-state index in [1.165, 1.54) is 36.3 Å². The third-order valence-electron chi connectivity index (χ3n) is 5.34. The summed E-state index contributed by atoms with van der Waals surface area (Å²) in [6, 6.07) is 12.9. The molecule has 1 aliphatic carbocycles. The fourth-order valence-electron chi connectivity index (χ4n) is 3.50. The summed E-state index contributed by atoms with van der Waals surface area (Å²) in [6.45, 7) is 0. The molecule has 2 aromatic heterocycles. The molecule has 1 unspecified atom stereocenters. The molecule has 2 heterocycles. The van der Waals surface area contributed by atoms with E-state index in [0.717, 1.165) is 32.7 Å². The highest BCUT2D eigenvalue weighted by Crippen LogP contribution is 2.42. The van der Waals surface area contributed by atoms with Gasteiger partial charge in [-0.1, -0.05) is 12.1 Å². The van der Waals surface area contributed by atoms with Crippen molar-refractivity contribution in [1.29, 1.82) is 0 Å². The van der Waals surface area contributed by atoms with Gasteiger partial charge in [-0.05, 0) is 61.2 Å². The lowest BCUT2D eigenvalue weighted by Gasteiger charge is -2.17. The molecule has 1 fully saturated rings. The van der Waals surface area contributed by atoms with Crippen LogP contribution in [-0.4, -0.2) is 18.4 Å². The number of hydrogen-bond donors (Lipinski definition) is 2. The Morgan fingerprint density at radius 3 is 2.47 bits per heavy atom. The summed E-state index contributed by atoms with van der Waals surface area (Å²) >= 11 is 3.15. The first-order chi connectivity index (χ1) is 16.3. The molecule has 2 aromatic carbocycles. The molecule has 1 saturated carbocycles. The van der Waals surface area contributed by atoms with Crippen LogP contribution in [0, 0.1) is 5.82 Å². The minimum atomic E-state index is -4.07. The first-order valence-corrected chi connectivity index (χ1v) is 13.8. The molecule has 0 spiro atoms. The summed E-state index contributed by atoms with van der Waals surface area (Å²) in [5, 5.41) is 14.3. The zero-order valence-corrected chi connectivity index (χ0v) is 20.3. The predicted octanol–water partition coefficient (Wildman–Crippen LogP) is 5.26. The van der Waals surface area contributed by atoms with Crippen molar-refractivity contribution in [3.63, 3.8) is 0 Å². The van der Waals surface area contributed by atoms with Gasteiger partial charge in [0.15, 0.2) is 5.13 Å². The number of benzene rings is 2. The second-order valence-corrected chi connectivity index (χ2v) is 11.0. The molecular formula is C23H21FN4O3S3. The van der Waals surface area contributed by atoms with Crippen LogP contribution < -0.4 is 14.6 Å². The van der Waals surface area contributed by atoms with Gasteiger partial charge in [0.1, 0.15) is 11.6 Å². The molecule has 3 N–H and O–H groups in total. The maximum atomic E-state index is 13.3. The van der Waals surface area contributed by atoms with Crippen LogP contribution in [0.3, 0.4) is 0 Å². The van der Waals surface area contributed by atoms with Crippen LogP contribution >= 0.6 is 22.7 Å². The van der Waals surface area contributed by atoms with Gasteiger partial charge in [-0.15, -0.1) is 22.7 Å². The number of anilines is 1. The fraction of sp³-hybridized carbons (Fsp3) is 0.217. The lowest BCUT2D eigenvalue weighted by atomic mass is 10.0. The third-order valence-corrected chi connectivity index (χ3v) is 7.56. The maximum Gasteiger partial charge on any atom is 0.380 e. The number of nitrogens with zero attached hydrogens (tertiary/aromatic N) is 2. The monoisotopic (exact) mass is 516 g/mol. The molecule has 176 valence electrons. The van der Waals surface area contributed by atoms with E-state index in [2.05, 4.69) is 15.7 Å². The Morgan fingerprint density at radius 2 is 1.79 bits per heavy atom. The summed E-state index contributed by atoms with van der Waals surface area (Å²) in [5.74, 6) is 0.441. The molecule has 0 bridgehead atoms. The third kappa shape index (κ3) is 5.79. The van der Waals surface area contributed by atoms with Gasteiger partial charge in [-0.3, -0.25) is 0 Å². The Morgan fingerprint density at radius 1 is 1.06 bits per heavy atom. The van der Waals surface area contributed by atoms with E-state index in [4.69, 9.17) is 14.3 Å². The number of nitrogens with one attached hydrogen (secondary N) is 1. The van der Waals surface area contributed by atoms with Gasteiger partial charge >= 0.3 is 10.3 Å². The smallest absolute Gasteiger partial charge is 0.371 e. The summed E-state index contributed by atoms with van der Waals surface area (Å²) in [4.78, 5) is 9.56. The Bertz CT molecular complexity index is 1380. The zero-order valence-electron chi connectivity index (χ0n) is 17.8. The van der Waals surface area contributed by atoms with Crippen molar-refractivity contribution in [1.82, 2.24) is 9.97 Å². The Hall–Kier alpha value is -2.86. The van der Waals surface area contributed by atoms with E-state index >= 15 is 0 Å². The number of rotatable bonds is 9. The number of hydrogen-bond acceptors (Lipinski definition) is 8. The second-order valence-electron chi connectivity index (χ2n) is 8.05. The molecule has 0 radical (unpaired) electrons. The molecule has 1 atom stereocenters. The van der Waals surface area contributed by atoms with Gasteiger partial charge in [-0.25, -0.2) is 14.4 Å². The van der Waals surface area contributed by atoms with E-state index in [0.29, 0.717) is 12.3 Å². The van der Waals surface area contributed by atoms with Gasteiger partial charge in [0.05, 0.1) is 22.4 Å². The largest absolute Gasteiger partial charge is 0.380 e. The van der Waals surface area contributed by atoms with Gasteiger partial charge in [0.25, 0.3) is 0 Å². The van der Waals surface area contributed by atoms with Crippen molar-refractivity contribution < 1.29 is 17.0 Å². The SMILES string of the molecule is NS(=O)(=O)Oc1ccc(CC(Nc2nc(-c3ccc(F)cc3)cs2)c2csc(C3CC3)n2)cc1. The number of halogens is 1. The standard InChI is InChI=1S/C23H21FN4O3S3/c24-17-7-5-15(6-8-17)20-12-33-23(28-20)27-19(21-13-32-22(26-21)16-3-4-16)11-14-1-9-18(10-2-14)31-34(25,29)30/h1-2,5-10,12-13,16,19H,3-4,11H2,(H,27,28)(H2,25,29,30). The molecule has 5 rings (SSSR count). The van der Waals surface area contributed by atoms with Gasteiger partial charge in [-0.2, -0.15) is 13.6 Å². The van der Waals surface area contributed by atoms with Gasteiger partial charge in [0.2, 0.25) is 0 Å². The maximum absolute atomic E-state index is 13.3. The van der Waals surface area contributed by atoms with E-state index < -0.39 is 10.3 Å². The van der Waals surface area contributed by atoms with Gasteiger partial charge in [0, 0.05) is 22.2 Å². The van der Waals surface area contributed by atoms with Crippen molar-refractivity contribution in [2.45, 2.75) is 31.2 Å². The number of aromatic nitrogens is 2. The van der Waals surface area contributed by atoms with E-state index in [-0.39, 0.29) is 17.6 Å². The van der Waals surface area contributed by atoms with Crippen molar-refractivity contribution in [2.75, 3.05) is 5.32 Å². The highest BCUT2D eigenvalue weighted by atomic mass is 32.2. The quantitative estimate of drug-likeness (QED) is 0.314. The summed E-state index contributed by atoms with van der Waals surface area (Å²) in [5.41, 5.74) is 3.52. The number of thiazole rings is 2.